The Morgan fingerprint density at radius 1 is 0.541 bits per heavy atom. The standard InChI is InChI=1S/C16H18OS.C14H14O2S.2H2O/c1-12(2)14-6-10-16(11-7-14)18(17)15-8-4-13(3)5-9-15;1-11-3-7-13(8-4-11)17(15)14-9-5-12(16-2)6-10-14;;/h4-12H,1-3H3;3-10H,1-2H3;2*1H2. The minimum Gasteiger partial charge on any atom is -0.497 e. The van der Waals surface area contributed by atoms with E-state index in [0.717, 1.165) is 25.3 Å². The monoisotopic (exact) mass is 540 g/mol. The van der Waals surface area contributed by atoms with Crippen LogP contribution in [0.25, 0.3) is 0 Å². The molecule has 4 aromatic carbocycles. The van der Waals surface area contributed by atoms with Gasteiger partial charge in [-0.05, 0) is 86.0 Å². The Morgan fingerprint density at radius 2 is 0.838 bits per heavy atom. The predicted molar refractivity (Wildman–Crippen MR) is 152 cm³/mol. The molecule has 0 aliphatic carbocycles. The van der Waals surface area contributed by atoms with E-state index in [1.54, 1.807) is 7.11 Å². The van der Waals surface area contributed by atoms with Gasteiger partial charge in [0.15, 0.2) is 0 Å². The van der Waals surface area contributed by atoms with E-state index in [9.17, 15) is 8.42 Å². The minimum atomic E-state index is -1.12. The Bertz CT molecular complexity index is 1270. The summed E-state index contributed by atoms with van der Waals surface area (Å²) >= 11 is 0. The van der Waals surface area contributed by atoms with Gasteiger partial charge < -0.3 is 15.7 Å². The van der Waals surface area contributed by atoms with E-state index in [-0.39, 0.29) is 11.0 Å². The SMILES string of the molecule is COc1ccc(S(=O)c2ccc(C)cc2)cc1.Cc1ccc(S(=O)c2ccc(C(C)C)cc2)cc1.O.O. The van der Waals surface area contributed by atoms with Gasteiger partial charge in [-0.1, -0.05) is 61.4 Å². The molecule has 0 radical (unpaired) electrons. The molecule has 4 rings (SSSR count). The van der Waals surface area contributed by atoms with Gasteiger partial charge in [-0.3, -0.25) is 0 Å². The molecule has 0 aliphatic rings. The van der Waals surface area contributed by atoms with E-state index in [4.69, 9.17) is 4.74 Å². The van der Waals surface area contributed by atoms with Crippen molar-refractivity contribution in [2.24, 2.45) is 0 Å². The fraction of sp³-hybridized carbons (Fsp3) is 0.200. The Hall–Kier alpha value is -3.10. The van der Waals surface area contributed by atoms with Crippen molar-refractivity contribution in [1.29, 1.82) is 0 Å². The summed E-state index contributed by atoms with van der Waals surface area (Å²) < 4.78 is 29.6. The molecule has 0 saturated carbocycles. The highest BCUT2D eigenvalue weighted by atomic mass is 32.2. The molecular weight excluding hydrogens is 504 g/mol. The number of aryl methyl sites for hydroxylation is 2. The average molecular weight is 541 g/mol. The zero-order valence-corrected chi connectivity index (χ0v) is 23.5. The molecule has 0 bridgehead atoms. The van der Waals surface area contributed by atoms with Gasteiger partial charge in [0.1, 0.15) is 5.75 Å². The predicted octanol–water partition coefficient (Wildman–Crippen LogP) is 5.81. The first-order chi connectivity index (χ1) is 16.8. The summed E-state index contributed by atoms with van der Waals surface area (Å²) in [7, 11) is -0.580. The quantitative estimate of drug-likeness (QED) is 0.308. The fourth-order valence-electron chi connectivity index (χ4n) is 3.27. The van der Waals surface area contributed by atoms with Crippen LogP contribution in [0, 0.1) is 13.8 Å². The number of rotatable bonds is 6. The molecule has 0 spiro atoms. The zero-order valence-electron chi connectivity index (χ0n) is 21.9. The Morgan fingerprint density at radius 3 is 1.14 bits per heavy atom. The Kier molecular flexibility index (Phi) is 13.1. The topological polar surface area (TPSA) is 106 Å². The van der Waals surface area contributed by atoms with Gasteiger partial charge in [0.05, 0.1) is 28.7 Å². The lowest BCUT2D eigenvalue weighted by molar-refractivity contribution is 0.414. The number of hydrogen-bond acceptors (Lipinski definition) is 3. The largest absolute Gasteiger partial charge is 0.497 e. The molecule has 0 aliphatic heterocycles. The van der Waals surface area contributed by atoms with Gasteiger partial charge in [-0.2, -0.15) is 0 Å². The van der Waals surface area contributed by atoms with Crippen LogP contribution in [0.15, 0.2) is 117 Å². The second kappa shape index (κ2) is 15.2. The number of benzene rings is 4. The van der Waals surface area contributed by atoms with Crippen LogP contribution in [0.2, 0.25) is 0 Å². The highest BCUT2D eigenvalue weighted by molar-refractivity contribution is 7.85. The number of hydrogen-bond donors (Lipinski definition) is 0. The first-order valence-electron chi connectivity index (χ1n) is 11.5. The molecule has 7 heteroatoms. The summed E-state index contributed by atoms with van der Waals surface area (Å²) in [5.74, 6) is 1.28. The molecule has 5 nitrogen and oxygen atoms in total. The Balaban J connectivity index is 0.000000351. The van der Waals surface area contributed by atoms with Crippen molar-refractivity contribution in [2.75, 3.05) is 7.11 Å². The molecule has 0 fully saturated rings. The van der Waals surface area contributed by atoms with Crippen molar-refractivity contribution >= 4 is 21.6 Å². The van der Waals surface area contributed by atoms with Gasteiger partial charge in [0.25, 0.3) is 0 Å². The van der Waals surface area contributed by atoms with E-state index in [2.05, 4.69) is 26.0 Å². The zero-order chi connectivity index (χ0) is 25.4. The minimum absolute atomic E-state index is 0. The second-order valence-electron chi connectivity index (χ2n) is 8.56. The van der Waals surface area contributed by atoms with Crippen molar-refractivity contribution < 1.29 is 24.1 Å². The Labute approximate surface area is 225 Å². The molecule has 0 amide bonds. The lowest BCUT2D eigenvalue weighted by Crippen LogP contribution is -1.94. The summed E-state index contributed by atoms with van der Waals surface area (Å²) in [5.41, 5.74) is 3.63. The molecule has 2 atom stereocenters. The summed E-state index contributed by atoms with van der Waals surface area (Å²) in [6, 6.07) is 30.9. The maximum Gasteiger partial charge on any atom is 0.118 e. The van der Waals surface area contributed by atoms with E-state index in [1.807, 2.05) is 98.8 Å². The van der Waals surface area contributed by atoms with Crippen LogP contribution >= 0.6 is 0 Å². The van der Waals surface area contributed by atoms with Crippen LogP contribution in [0.1, 0.15) is 36.5 Å². The van der Waals surface area contributed by atoms with E-state index in [0.29, 0.717) is 5.92 Å². The van der Waals surface area contributed by atoms with E-state index >= 15 is 0 Å². The normalized spacial score (nSPS) is 11.7. The molecule has 198 valence electrons. The molecule has 4 aromatic rings. The maximum atomic E-state index is 12.3. The fourth-order valence-corrected chi connectivity index (χ4v) is 5.35. The van der Waals surface area contributed by atoms with Crippen molar-refractivity contribution in [3.8, 4) is 5.75 Å². The van der Waals surface area contributed by atoms with Crippen LogP contribution in [-0.2, 0) is 21.6 Å². The van der Waals surface area contributed by atoms with Crippen molar-refractivity contribution in [2.45, 2.75) is 53.2 Å². The average Bonchev–Trinajstić information content (AvgIpc) is 2.89. The van der Waals surface area contributed by atoms with Crippen LogP contribution < -0.4 is 4.74 Å². The molecule has 0 saturated heterocycles. The van der Waals surface area contributed by atoms with Gasteiger partial charge in [-0.25, -0.2) is 8.42 Å². The highest BCUT2D eigenvalue weighted by Crippen LogP contribution is 2.21. The number of ether oxygens (including phenoxy) is 1. The molecule has 2 unspecified atom stereocenters. The smallest absolute Gasteiger partial charge is 0.118 e. The van der Waals surface area contributed by atoms with Crippen LogP contribution in [0.4, 0.5) is 0 Å². The molecule has 0 heterocycles. The third-order valence-corrected chi connectivity index (χ3v) is 8.31. The van der Waals surface area contributed by atoms with E-state index < -0.39 is 21.6 Å². The van der Waals surface area contributed by atoms with Crippen molar-refractivity contribution in [1.82, 2.24) is 0 Å². The lowest BCUT2D eigenvalue weighted by Gasteiger charge is -2.07. The molecule has 0 aromatic heterocycles. The van der Waals surface area contributed by atoms with Gasteiger partial charge >= 0.3 is 0 Å². The second-order valence-corrected chi connectivity index (χ2v) is 11.5. The van der Waals surface area contributed by atoms with E-state index in [1.165, 1.54) is 16.7 Å². The maximum absolute atomic E-state index is 12.3. The van der Waals surface area contributed by atoms with Crippen LogP contribution in [0.5, 0.6) is 5.75 Å². The summed E-state index contributed by atoms with van der Waals surface area (Å²) in [4.78, 5) is 3.33. The van der Waals surface area contributed by atoms with Crippen LogP contribution in [0.3, 0.4) is 0 Å². The first-order valence-corrected chi connectivity index (χ1v) is 13.8. The van der Waals surface area contributed by atoms with Crippen molar-refractivity contribution in [3.63, 3.8) is 0 Å². The number of methoxy groups -OCH3 is 1. The molecule has 37 heavy (non-hydrogen) atoms. The van der Waals surface area contributed by atoms with Crippen molar-refractivity contribution in [3.05, 3.63) is 114 Å². The molecular formula is C30H36O5S2. The highest BCUT2D eigenvalue weighted by Gasteiger charge is 2.08. The van der Waals surface area contributed by atoms with Crippen LogP contribution in [-0.4, -0.2) is 26.5 Å². The third kappa shape index (κ3) is 9.05. The first kappa shape index (κ1) is 31.9. The van der Waals surface area contributed by atoms with Gasteiger partial charge in [0.2, 0.25) is 0 Å². The van der Waals surface area contributed by atoms with Gasteiger partial charge in [0, 0.05) is 19.6 Å². The molecule has 4 N–H and O–H groups in total. The third-order valence-electron chi connectivity index (χ3n) is 5.50. The summed E-state index contributed by atoms with van der Waals surface area (Å²) in [6.07, 6.45) is 0. The summed E-state index contributed by atoms with van der Waals surface area (Å²) in [6.45, 7) is 8.36. The lowest BCUT2D eigenvalue weighted by atomic mass is 10.0. The summed E-state index contributed by atoms with van der Waals surface area (Å²) in [5, 5.41) is 0. The van der Waals surface area contributed by atoms with Gasteiger partial charge in [-0.15, -0.1) is 0 Å².